The first-order valence-electron chi connectivity index (χ1n) is 5.13. The van der Waals surface area contributed by atoms with Gasteiger partial charge < -0.3 is 5.43 Å². The molecule has 0 unspecified atom stereocenters. The molecular weight excluding hydrogens is 218 g/mol. The molecule has 3 nitrogen and oxygen atoms in total. The first-order valence-corrected chi connectivity index (χ1v) is 5.95. The van der Waals surface area contributed by atoms with Crippen LogP contribution < -0.4 is 11.3 Å². The summed E-state index contributed by atoms with van der Waals surface area (Å²) in [7, 11) is 0. The molecule has 0 saturated heterocycles. The van der Waals surface area contributed by atoms with Gasteiger partial charge in [-0.3, -0.25) is 0 Å². The molecule has 0 spiro atoms. The van der Waals surface area contributed by atoms with E-state index in [1.54, 1.807) is 11.3 Å². The van der Waals surface area contributed by atoms with Crippen molar-refractivity contribution in [2.24, 2.45) is 5.84 Å². The number of hydrogen-bond donors (Lipinski definition) is 2. The van der Waals surface area contributed by atoms with Gasteiger partial charge in [-0.05, 0) is 32.4 Å². The van der Waals surface area contributed by atoms with Gasteiger partial charge >= 0.3 is 0 Å². The van der Waals surface area contributed by atoms with Gasteiger partial charge in [0.15, 0.2) is 0 Å². The monoisotopic (exact) mass is 233 g/mol. The van der Waals surface area contributed by atoms with Gasteiger partial charge in [0.25, 0.3) is 0 Å². The van der Waals surface area contributed by atoms with E-state index >= 15 is 0 Å². The van der Waals surface area contributed by atoms with E-state index in [1.807, 2.05) is 6.92 Å². The minimum Gasteiger partial charge on any atom is -0.314 e. The Morgan fingerprint density at radius 1 is 1.25 bits per heavy atom. The first-order chi connectivity index (χ1) is 7.61. The summed E-state index contributed by atoms with van der Waals surface area (Å²) in [5.74, 6) is 5.43. The SMILES string of the molecule is Cc1ccc(C)c(-c2nc(C)c(NN)s2)c1. The predicted octanol–water partition coefficient (Wildman–Crippen LogP) is 3.02. The molecule has 2 aromatic rings. The summed E-state index contributed by atoms with van der Waals surface area (Å²) in [6.45, 7) is 6.15. The van der Waals surface area contributed by atoms with Crippen LogP contribution in [0.15, 0.2) is 18.2 Å². The Morgan fingerprint density at radius 3 is 2.62 bits per heavy atom. The average Bonchev–Trinajstić information content (AvgIpc) is 2.63. The number of hydrazine groups is 1. The molecule has 3 N–H and O–H groups in total. The number of thiazole rings is 1. The summed E-state index contributed by atoms with van der Waals surface area (Å²) >= 11 is 1.59. The normalized spacial score (nSPS) is 10.5. The summed E-state index contributed by atoms with van der Waals surface area (Å²) in [6.07, 6.45) is 0. The number of nitrogens with two attached hydrogens (primary N) is 1. The Balaban J connectivity index is 2.53. The molecule has 0 atom stereocenters. The fraction of sp³-hybridized carbons (Fsp3) is 0.250. The molecule has 4 heteroatoms. The van der Waals surface area contributed by atoms with Crippen LogP contribution in [0.1, 0.15) is 16.8 Å². The van der Waals surface area contributed by atoms with Gasteiger partial charge in [0.05, 0.1) is 5.69 Å². The number of aromatic nitrogens is 1. The number of aryl methyl sites for hydroxylation is 3. The highest BCUT2D eigenvalue weighted by Crippen LogP contribution is 2.33. The van der Waals surface area contributed by atoms with Gasteiger partial charge in [-0.15, -0.1) is 0 Å². The number of rotatable bonds is 2. The highest BCUT2D eigenvalue weighted by Gasteiger charge is 2.10. The van der Waals surface area contributed by atoms with Gasteiger partial charge in [0, 0.05) is 5.56 Å². The molecule has 84 valence electrons. The molecular formula is C12H15N3S. The van der Waals surface area contributed by atoms with Gasteiger partial charge in [0.1, 0.15) is 10.0 Å². The molecule has 0 amide bonds. The summed E-state index contributed by atoms with van der Waals surface area (Å²) in [5, 5.41) is 1.95. The summed E-state index contributed by atoms with van der Waals surface area (Å²) in [6, 6.07) is 6.40. The largest absolute Gasteiger partial charge is 0.314 e. The van der Waals surface area contributed by atoms with Crippen molar-refractivity contribution in [2.45, 2.75) is 20.8 Å². The molecule has 0 bridgehead atoms. The van der Waals surface area contributed by atoms with Gasteiger partial charge in [-0.2, -0.15) is 0 Å². The second-order valence-electron chi connectivity index (χ2n) is 3.90. The van der Waals surface area contributed by atoms with Crippen molar-refractivity contribution in [3.63, 3.8) is 0 Å². The Bertz CT molecular complexity index is 517. The Hall–Kier alpha value is -1.39. The second kappa shape index (κ2) is 4.23. The van der Waals surface area contributed by atoms with Crippen molar-refractivity contribution in [1.82, 2.24) is 4.98 Å². The van der Waals surface area contributed by atoms with E-state index in [0.29, 0.717) is 0 Å². The zero-order valence-corrected chi connectivity index (χ0v) is 10.5. The highest BCUT2D eigenvalue weighted by atomic mass is 32.1. The number of hydrogen-bond acceptors (Lipinski definition) is 4. The number of nitrogen functional groups attached to an aromatic ring is 1. The zero-order valence-electron chi connectivity index (χ0n) is 9.66. The van der Waals surface area contributed by atoms with Crippen LogP contribution >= 0.6 is 11.3 Å². The minimum atomic E-state index is 0.927. The third kappa shape index (κ3) is 1.94. The minimum absolute atomic E-state index is 0.927. The third-order valence-electron chi connectivity index (χ3n) is 2.55. The van der Waals surface area contributed by atoms with Gasteiger partial charge in [0.2, 0.25) is 0 Å². The van der Waals surface area contributed by atoms with E-state index in [-0.39, 0.29) is 0 Å². The van der Waals surface area contributed by atoms with Crippen molar-refractivity contribution in [2.75, 3.05) is 5.43 Å². The maximum absolute atomic E-state index is 5.43. The standard InChI is InChI=1S/C12H15N3S/c1-7-4-5-8(2)10(6-7)12-14-9(3)11(15-13)16-12/h4-6,15H,13H2,1-3H3. The summed E-state index contributed by atoms with van der Waals surface area (Å²) in [4.78, 5) is 4.53. The lowest BCUT2D eigenvalue weighted by molar-refractivity contribution is 1.23. The molecule has 2 rings (SSSR count). The van der Waals surface area contributed by atoms with Crippen LogP contribution in [0.5, 0.6) is 0 Å². The lowest BCUT2D eigenvalue weighted by Crippen LogP contribution is -2.05. The van der Waals surface area contributed by atoms with Crippen LogP contribution in [-0.2, 0) is 0 Å². The third-order valence-corrected chi connectivity index (χ3v) is 3.67. The van der Waals surface area contributed by atoms with Gasteiger partial charge in [-0.25, -0.2) is 10.8 Å². The smallest absolute Gasteiger partial charge is 0.126 e. The highest BCUT2D eigenvalue weighted by molar-refractivity contribution is 7.19. The maximum atomic E-state index is 5.43. The topological polar surface area (TPSA) is 50.9 Å². The molecule has 0 aliphatic heterocycles. The molecule has 1 aromatic carbocycles. The molecule has 0 fully saturated rings. The van der Waals surface area contributed by atoms with Crippen molar-refractivity contribution < 1.29 is 0 Å². The number of nitrogens with zero attached hydrogens (tertiary/aromatic N) is 1. The summed E-state index contributed by atoms with van der Waals surface area (Å²) < 4.78 is 0. The zero-order chi connectivity index (χ0) is 11.7. The lowest BCUT2D eigenvalue weighted by atomic mass is 10.1. The fourth-order valence-corrected chi connectivity index (χ4v) is 2.57. The van der Waals surface area contributed by atoms with E-state index in [0.717, 1.165) is 15.7 Å². The molecule has 1 heterocycles. The first kappa shape index (κ1) is 11.1. The van der Waals surface area contributed by atoms with Crippen LogP contribution in [0.2, 0.25) is 0 Å². The van der Waals surface area contributed by atoms with Crippen LogP contribution in [0.4, 0.5) is 5.00 Å². The molecule has 0 aliphatic rings. The Kier molecular flexibility index (Phi) is 2.94. The van der Waals surface area contributed by atoms with Gasteiger partial charge in [-0.1, -0.05) is 29.0 Å². The summed E-state index contributed by atoms with van der Waals surface area (Å²) in [5.41, 5.74) is 7.30. The van der Waals surface area contributed by atoms with Crippen LogP contribution in [0.25, 0.3) is 10.6 Å². The predicted molar refractivity (Wildman–Crippen MR) is 69.6 cm³/mol. The van der Waals surface area contributed by atoms with E-state index in [9.17, 15) is 0 Å². The Morgan fingerprint density at radius 2 is 2.00 bits per heavy atom. The number of benzene rings is 1. The second-order valence-corrected chi connectivity index (χ2v) is 4.90. The molecule has 0 radical (unpaired) electrons. The van der Waals surface area contributed by atoms with E-state index in [2.05, 4.69) is 42.5 Å². The van der Waals surface area contributed by atoms with E-state index in [4.69, 9.17) is 5.84 Å². The molecule has 1 aromatic heterocycles. The Labute approximate surface area is 99.3 Å². The van der Waals surface area contributed by atoms with Crippen LogP contribution in [-0.4, -0.2) is 4.98 Å². The van der Waals surface area contributed by atoms with Crippen molar-refractivity contribution >= 4 is 16.3 Å². The number of anilines is 1. The van der Waals surface area contributed by atoms with E-state index < -0.39 is 0 Å². The van der Waals surface area contributed by atoms with Crippen molar-refractivity contribution in [3.8, 4) is 10.6 Å². The maximum Gasteiger partial charge on any atom is 0.126 e. The average molecular weight is 233 g/mol. The quantitative estimate of drug-likeness (QED) is 0.619. The molecule has 0 saturated carbocycles. The molecule has 0 aliphatic carbocycles. The van der Waals surface area contributed by atoms with Crippen molar-refractivity contribution in [3.05, 3.63) is 35.0 Å². The number of nitrogens with one attached hydrogen (secondary N) is 1. The van der Waals surface area contributed by atoms with Crippen molar-refractivity contribution in [1.29, 1.82) is 0 Å². The lowest BCUT2D eigenvalue weighted by Gasteiger charge is -2.03. The van der Waals surface area contributed by atoms with E-state index in [1.165, 1.54) is 16.7 Å². The van der Waals surface area contributed by atoms with Crippen LogP contribution in [0.3, 0.4) is 0 Å². The van der Waals surface area contributed by atoms with Crippen LogP contribution in [0, 0.1) is 20.8 Å². The fourth-order valence-electron chi connectivity index (χ4n) is 1.61. The molecule has 16 heavy (non-hydrogen) atoms.